The molecule has 0 aliphatic rings. The maximum Gasteiger partial charge on any atom is 0.140 e. The number of hydrogen-bond donors (Lipinski definition) is 3. The van der Waals surface area contributed by atoms with Gasteiger partial charge in [-0.2, -0.15) is 0 Å². The average molecular weight is 253 g/mol. The molecule has 0 aliphatic heterocycles. The lowest BCUT2D eigenvalue weighted by atomic mass is 10.1. The molecular weight excluding hydrogens is 238 g/mol. The Kier molecular flexibility index (Phi) is 3.03. The summed E-state index contributed by atoms with van der Waals surface area (Å²) < 4.78 is 0. The Morgan fingerprint density at radius 2 is 1.95 bits per heavy atom. The molecule has 2 aromatic carbocycles. The van der Waals surface area contributed by atoms with Crippen LogP contribution in [0.1, 0.15) is 23.1 Å². The molecule has 1 aromatic heterocycles. The molecule has 0 radical (unpaired) electrons. The number of H-pyrrole nitrogens is 1. The number of benzene rings is 2. The molecule has 96 valence electrons. The number of aliphatic hydroxyl groups excluding tert-OH is 1. The van der Waals surface area contributed by atoms with Crippen molar-refractivity contribution in [2.75, 3.05) is 0 Å². The molecule has 0 fully saturated rings. The predicted octanol–water partition coefficient (Wildman–Crippen LogP) is 2.10. The van der Waals surface area contributed by atoms with Gasteiger partial charge in [0.25, 0.3) is 0 Å². The van der Waals surface area contributed by atoms with E-state index in [0.717, 1.165) is 22.2 Å². The summed E-state index contributed by atoms with van der Waals surface area (Å²) in [7, 11) is 0. The number of imidazole rings is 1. The number of aromatic nitrogens is 2. The Balaban J connectivity index is 2.01. The van der Waals surface area contributed by atoms with Crippen molar-refractivity contribution in [2.45, 2.75) is 12.6 Å². The molecule has 19 heavy (non-hydrogen) atoms. The number of nitrogens with zero attached hydrogens (tertiary/aromatic N) is 1. The lowest BCUT2D eigenvalue weighted by molar-refractivity contribution is 0.211. The van der Waals surface area contributed by atoms with Crippen LogP contribution in [0.5, 0.6) is 0 Å². The third kappa shape index (κ3) is 2.23. The number of rotatable bonds is 3. The van der Waals surface area contributed by atoms with Gasteiger partial charge in [0.2, 0.25) is 0 Å². The Hall–Kier alpha value is -2.17. The highest BCUT2D eigenvalue weighted by atomic mass is 16.3. The highest BCUT2D eigenvalue weighted by Gasteiger charge is 2.14. The molecule has 4 heteroatoms. The normalized spacial score (nSPS) is 12.7. The zero-order valence-corrected chi connectivity index (χ0v) is 10.4. The summed E-state index contributed by atoms with van der Waals surface area (Å²) in [5, 5.41) is 10.3. The van der Waals surface area contributed by atoms with Gasteiger partial charge in [-0.3, -0.25) is 0 Å². The largest absolute Gasteiger partial charge is 0.380 e. The minimum absolute atomic E-state index is 0.492. The number of aliphatic hydroxyl groups is 1. The monoisotopic (exact) mass is 253 g/mol. The van der Waals surface area contributed by atoms with Crippen molar-refractivity contribution >= 4 is 11.0 Å². The molecule has 4 nitrogen and oxygen atoms in total. The summed E-state index contributed by atoms with van der Waals surface area (Å²) >= 11 is 0. The van der Waals surface area contributed by atoms with Gasteiger partial charge in [0.1, 0.15) is 11.9 Å². The van der Waals surface area contributed by atoms with Gasteiger partial charge in [-0.1, -0.05) is 36.4 Å². The zero-order valence-electron chi connectivity index (χ0n) is 10.4. The maximum absolute atomic E-state index is 10.3. The minimum atomic E-state index is -0.741. The van der Waals surface area contributed by atoms with Crippen molar-refractivity contribution < 1.29 is 5.11 Å². The molecule has 3 aromatic rings. The summed E-state index contributed by atoms with van der Waals surface area (Å²) in [4.78, 5) is 7.57. The van der Waals surface area contributed by atoms with Crippen LogP contribution >= 0.6 is 0 Å². The number of hydrogen-bond acceptors (Lipinski definition) is 3. The van der Waals surface area contributed by atoms with Crippen molar-refractivity contribution in [1.29, 1.82) is 0 Å². The van der Waals surface area contributed by atoms with Crippen LogP contribution in [0.15, 0.2) is 48.5 Å². The van der Waals surface area contributed by atoms with Gasteiger partial charge in [-0.05, 0) is 23.3 Å². The fourth-order valence-electron chi connectivity index (χ4n) is 2.13. The molecule has 4 N–H and O–H groups in total. The van der Waals surface area contributed by atoms with E-state index in [1.165, 1.54) is 0 Å². The molecule has 0 amide bonds. The van der Waals surface area contributed by atoms with Crippen LogP contribution < -0.4 is 5.73 Å². The molecule has 3 rings (SSSR count). The highest BCUT2D eigenvalue weighted by Crippen LogP contribution is 2.22. The number of fused-ring (bicyclic) bond motifs is 1. The van der Waals surface area contributed by atoms with E-state index in [9.17, 15) is 5.11 Å². The first-order valence-corrected chi connectivity index (χ1v) is 6.19. The minimum Gasteiger partial charge on any atom is -0.380 e. The van der Waals surface area contributed by atoms with Gasteiger partial charge >= 0.3 is 0 Å². The van der Waals surface area contributed by atoms with Crippen LogP contribution in [0.2, 0.25) is 0 Å². The molecule has 0 spiro atoms. The van der Waals surface area contributed by atoms with E-state index in [1.807, 2.05) is 48.5 Å². The topological polar surface area (TPSA) is 74.9 Å². The quantitative estimate of drug-likeness (QED) is 0.669. The van der Waals surface area contributed by atoms with Crippen LogP contribution in [0.3, 0.4) is 0 Å². The van der Waals surface area contributed by atoms with E-state index in [1.54, 1.807) is 0 Å². The fraction of sp³-hybridized carbons (Fsp3) is 0.133. The van der Waals surface area contributed by atoms with Crippen LogP contribution in [0.4, 0.5) is 0 Å². The highest BCUT2D eigenvalue weighted by molar-refractivity contribution is 5.76. The standard InChI is InChI=1S/C15H15N3O/c16-9-10-6-7-12-13(8-10)18-15(17-12)14(19)11-4-2-1-3-5-11/h1-8,14,19H,9,16H2,(H,17,18). The third-order valence-electron chi connectivity index (χ3n) is 3.17. The maximum atomic E-state index is 10.3. The second-order valence-electron chi connectivity index (χ2n) is 4.49. The zero-order chi connectivity index (χ0) is 13.2. The van der Waals surface area contributed by atoms with Crippen molar-refractivity contribution in [1.82, 2.24) is 9.97 Å². The van der Waals surface area contributed by atoms with E-state index in [2.05, 4.69) is 9.97 Å². The lowest BCUT2D eigenvalue weighted by Gasteiger charge is -2.06. The average Bonchev–Trinajstić information content (AvgIpc) is 2.90. The summed E-state index contributed by atoms with van der Waals surface area (Å²) in [5.74, 6) is 0.551. The first-order chi connectivity index (χ1) is 9.28. The van der Waals surface area contributed by atoms with Crippen LogP contribution in [0, 0.1) is 0 Å². The van der Waals surface area contributed by atoms with Crippen molar-refractivity contribution in [3.05, 3.63) is 65.5 Å². The van der Waals surface area contributed by atoms with Gasteiger partial charge in [-0.15, -0.1) is 0 Å². The molecule has 0 aliphatic carbocycles. The lowest BCUT2D eigenvalue weighted by Crippen LogP contribution is -2.01. The van der Waals surface area contributed by atoms with Crippen LogP contribution in [-0.2, 0) is 6.54 Å². The van der Waals surface area contributed by atoms with Gasteiger partial charge in [0.15, 0.2) is 0 Å². The van der Waals surface area contributed by atoms with E-state index in [0.29, 0.717) is 12.4 Å². The summed E-state index contributed by atoms with van der Waals surface area (Å²) in [6.07, 6.45) is -0.741. The Morgan fingerprint density at radius 1 is 1.16 bits per heavy atom. The summed E-state index contributed by atoms with van der Waals surface area (Å²) in [6.45, 7) is 0.492. The smallest absolute Gasteiger partial charge is 0.140 e. The number of aromatic amines is 1. The van der Waals surface area contributed by atoms with Crippen molar-refractivity contribution in [3.8, 4) is 0 Å². The van der Waals surface area contributed by atoms with E-state index in [-0.39, 0.29) is 0 Å². The first-order valence-electron chi connectivity index (χ1n) is 6.19. The molecule has 1 atom stereocenters. The Labute approximate surface area is 110 Å². The molecule has 1 heterocycles. The predicted molar refractivity (Wildman–Crippen MR) is 74.5 cm³/mol. The summed E-state index contributed by atoms with van der Waals surface area (Å²) in [6, 6.07) is 15.3. The van der Waals surface area contributed by atoms with Gasteiger partial charge in [-0.25, -0.2) is 4.98 Å². The van der Waals surface area contributed by atoms with Gasteiger partial charge < -0.3 is 15.8 Å². The van der Waals surface area contributed by atoms with Crippen molar-refractivity contribution in [2.24, 2.45) is 5.73 Å². The molecule has 0 bridgehead atoms. The molecular formula is C15H15N3O. The molecule has 1 unspecified atom stereocenters. The third-order valence-corrected chi connectivity index (χ3v) is 3.17. The van der Waals surface area contributed by atoms with E-state index < -0.39 is 6.10 Å². The summed E-state index contributed by atoms with van der Waals surface area (Å²) in [5.41, 5.74) is 9.21. The number of nitrogens with two attached hydrogens (primary N) is 1. The second-order valence-corrected chi connectivity index (χ2v) is 4.49. The van der Waals surface area contributed by atoms with E-state index in [4.69, 9.17) is 5.73 Å². The van der Waals surface area contributed by atoms with Crippen LogP contribution in [0.25, 0.3) is 11.0 Å². The Bertz CT molecular complexity index is 691. The van der Waals surface area contributed by atoms with Crippen LogP contribution in [-0.4, -0.2) is 15.1 Å². The van der Waals surface area contributed by atoms with Gasteiger partial charge in [0, 0.05) is 6.54 Å². The van der Waals surface area contributed by atoms with Gasteiger partial charge in [0.05, 0.1) is 11.0 Å². The number of nitrogens with one attached hydrogen (secondary N) is 1. The Morgan fingerprint density at radius 3 is 2.68 bits per heavy atom. The first kappa shape index (κ1) is 11.9. The van der Waals surface area contributed by atoms with Crippen molar-refractivity contribution in [3.63, 3.8) is 0 Å². The SMILES string of the molecule is NCc1ccc2nc(C(O)c3ccccc3)[nH]c2c1. The molecule has 0 saturated heterocycles. The fourth-order valence-corrected chi connectivity index (χ4v) is 2.13. The second kappa shape index (κ2) is 4.84. The van der Waals surface area contributed by atoms with E-state index >= 15 is 0 Å². The molecule has 0 saturated carbocycles.